The molecule has 16 heavy (non-hydrogen) atoms. The largest absolute Gasteiger partial charge is 0.266 e. The molecule has 0 unspecified atom stereocenters. The zero-order valence-electron chi connectivity index (χ0n) is 9.95. The fourth-order valence-corrected chi connectivity index (χ4v) is 1.87. The van der Waals surface area contributed by atoms with Crippen LogP contribution in [0.15, 0.2) is 6.07 Å². The third kappa shape index (κ3) is 1.67. The van der Waals surface area contributed by atoms with Crippen LogP contribution in [0.4, 0.5) is 0 Å². The lowest BCUT2D eigenvalue weighted by Crippen LogP contribution is -2.20. The van der Waals surface area contributed by atoms with Gasteiger partial charge in [-0.25, -0.2) is 4.98 Å². The van der Waals surface area contributed by atoms with Gasteiger partial charge in [0.25, 0.3) is 0 Å². The molecule has 0 aliphatic carbocycles. The number of rotatable bonds is 2. The number of hydrogen-bond acceptors (Lipinski definition) is 3. The topological polar surface area (TPSA) is 43.1 Å². The van der Waals surface area contributed by atoms with E-state index in [-0.39, 0.29) is 5.41 Å². The molecule has 0 atom stereocenters. The van der Waals surface area contributed by atoms with Crippen molar-refractivity contribution >= 4 is 17.2 Å². The lowest BCUT2D eigenvalue weighted by molar-refractivity contribution is 0.465. The van der Waals surface area contributed by atoms with Crippen LogP contribution in [0.25, 0.3) is 5.65 Å². The van der Waals surface area contributed by atoms with Gasteiger partial charge in [0.1, 0.15) is 16.8 Å². The van der Waals surface area contributed by atoms with Gasteiger partial charge in [0.05, 0.1) is 0 Å². The summed E-state index contributed by atoms with van der Waals surface area (Å²) < 4.78 is 1.97. The van der Waals surface area contributed by atoms with Gasteiger partial charge in [0.2, 0.25) is 0 Å². The number of nitrogens with zero attached hydrogens (tertiary/aromatic N) is 4. The molecular formula is C11H15ClN4. The molecule has 0 bridgehead atoms. The molecule has 2 aromatic heterocycles. The highest BCUT2D eigenvalue weighted by atomic mass is 35.5. The van der Waals surface area contributed by atoms with Crippen LogP contribution in [0, 0.1) is 6.92 Å². The van der Waals surface area contributed by atoms with Crippen LogP contribution in [0.2, 0.25) is 5.15 Å². The van der Waals surface area contributed by atoms with Crippen molar-refractivity contribution in [1.82, 2.24) is 19.6 Å². The minimum absolute atomic E-state index is 0.0142. The normalized spacial score (nSPS) is 12.3. The molecule has 0 amide bonds. The van der Waals surface area contributed by atoms with Gasteiger partial charge >= 0.3 is 0 Å². The predicted molar refractivity (Wildman–Crippen MR) is 63.8 cm³/mol. The third-order valence-electron chi connectivity index (χ3n) is 3.02. The van der Waals surface area contributed by atoms with E-state index in [9.17, 15) is 0 Å². The second-order valence-corrected chi connectivity index (χ2v) is 4.97. The fourth-order valence-electron chi connectivity index (χ4n) is 1.65. The third-order valence-corrected chi connectivity index (χ3v) is 3.21. The van der Waals surface area contributed by atoms with Crippen LogP contribution in [0.3, 0.4) is 0 Å². The minimum Gasteiger partial charge on any atom is -0.266 e. The van der Waals surface area contributed by atoms with Crippen LogP contribution >= 0.6 is 11.6 Å². The number of halogens is 1. The highest BCUT2D eigenvalue weighted by molar-refractivity contribution is 6.29. The van der Waals surface area contributed by atoms with E-state index in [1.165, 1.54) is 0 Å². The maximum absolute atomic E-state index is 5.89. The first kappa shape index (κ1) is 11.3. The van der Waals surface area contributed by atoms with Gasteiger partial charge in [-0.2, -0.15) is 0 Å². The molecule has 0 saturated heterocycles. The van der Waals surface area contributed by atoms with Crippen molar-refractivity contribution in [1.29, 1.82) is 0 Å². The molecule has 0 fully saturated rings. The summed E-state index contributed by atoms with van der Waals surface area (Å²) in [5, 5.41) is 8.85. The Labute approximate surface area is 99.7 Å². The molecule has 0 aliphatic heterocycles. The Bertz CT molecular complexity index is 530. The number of aryl methyl sites for hydroxylation is 1. The molecule has 0 aliphatic rings. The average Bonchev–Trinajstić information content (AvgIpc) is 2.62. The summed E-state index contributed by atoms with van der Waals surface area (Å²) in [6.45, 7) is 8.35. The standard InChI is InChI=1S/C11H15ClN4/c1-5-11(3,4)10-15-14-9-6-8(12)13-7(2)16(9)10/h6H,5H2,1-4H3. The smallest absolute Gasteiger partial charge is 0.165 e. The summed E-state index contributed by atoms with van der Waals surface area (Å²) in [7, 11) is 0. The van der Waals surface area contributed by atoms with Crippen LogP contribution < -0.4 is 0 Å². The molecule has 0 aromatic carbocycles. The Morgan fingerprint density at radius 1 is 1.38 bits per heavy atom. The lowest BCUT2D eigenvalue weighted by Gasteiger charge is -2.20. The van der Waals surface area contributed by atoms with E-state index >= 15 is 0 Å². The van der Waals surface area contributed by atoms with Crippen LogP contribution in [0.1, 0.15) is 38.8 Å². The predicted octanol–water partition coefficient (Wildman–Crippen LogP) is 2.77. The molecule has 0 radical (unpaired) electrons. The van der Waals surface area contributed by atoms with Crippen molar-refractivity contribution in [3.8, 4) is 0 Å². The molecule has 2 rings (SSSR count). The first-order chi connectivity index (χ1) is 7.45. The molecule has 0 saturated carbocycles. The average molecular weight is 239 g/mol. The van der Waals surface area contributed by atoms with Crippen LogP contribution in [0.5, 0.6) is 0 Å². The van der Waals surface area contributed by atoms with Gasteiger partial charge in [-0.05, 0) is 13.3 Å². The van der Waals surface area contributed by atoms with Crippen molar-refractivity contribution in [3.63, 3.8) is 0 Å². The van der Waals surface area contributed by atoms with E-state index in [1.54, 1.807) is 6.07 Å². The van der Waals surface area contributed by atoms with E-state index in [1.807, 2.05) is 11.3 Å². The zero-order chi connectivity index (χ0) is 11.9. The zero-order valence-corrected chi connectivity index (χ0v) is 10.7. The Kier molecular flexibility index (Phi) is 2.62. The van der Waals surface area contributed by atoms with Gasteiger partial charge in [0, 0.05) is 11.5 Å². The van der Waals surface area contributed by atoms with Crippen molar-refractivity contribution in [2.75, 3.05) is 0 Å². The van der Waals surface area contributed by atoms with Gasteiger partial charge in [-0.1, -0.05) is 32.4 Å². The number of hydrogen-bond donors (Lipinski definition) is 0. The highest BCUT2D eigenvalue weighted by Crippen LogP contribution is 2.26. The molecule has 86 valence electrons. The maximum atomic E-state index is 5.89. The quantitative estimate of drug-likeness (QED) is 0.756. The van der Waals surface area contributed by atoms with Crippen LogP contribution in [-0.2, 0) is 5.41 Å². The van der Waals surface area contributed by atoms with E-state index < -0.39 is 0 Å². The second-order valence-electron chi connectivity index (χ2n) is 4.58. The molecule has 5 heteroatoms. The summed E-state index contributed by atoms with van der Waals surface area (Å²) in [6.07, 6.45) is 0.996. The van der Waals surface area contributed by atoms with Crippen molar-refractivity contribution in [2.24, 2.45) is 0 Å². The molecule has 4 nitrogen and oxygen atoms in total. The van der Waals surface area contributed by atoms with E-state index in [2.05, 4.69) is 36.0 Å². The summed E-state index contributed by atoms with van der Waals surface area (Å²) in [6, 6.07) is 1.73. The Hall–Kier alpha value is -1.16. The molecule has 0 spiro atoms. The first-order valence-corrected chi connectivity index (χ1v) is 5.72. The van der Waals surface area contributed by atoms with Crippen LogP contribution in [-0.4, -0.2) is 19.6 Å². The fraction of sp³-hybridized carbons (Fsp3) is 0.545. The lowest BCUT2D eigenvalue weighted by atomic mass is 9.89. The Balaban J connectivity index is 2.74. The molecule has 2 aromatic rings. The highest BCUT2D eigenvalue weighted by Gasteiger charge is 2.25. The van der Waals surface area contributed by atoms with Crippen molar-refractivity contribution in [3.05, 3.63) is 22.9 Å². The number of aromatic nitrogens is 4. The number of fused-ring (bicyclic) bond motifs is 1. The van der Waals surface area contributed by atoms with Gasteiger partial charge in [0.15, 0.2) is 5.65 Å². The second kappa shape index (κ2) is 3.70. The summed E-state index contributed by atoms with van der Waals surface area (Å²) in [5.74, 6) is 1.76. The summed E-state index contributed by atoms with van der Waals surface area (Å²) >= 11 is 5.89. The van der Waals surface area contributed by atoms with E-state index in [0.717, 1.165) is 23.7 Å². The Morgan fingerprint density at radius 2 is 2.06 bits per heavy atom. The summed E-state index contributed by atoms with van der Waals surface area (Å²) in [4.78, 5) is 4.23. The first-order valence-electron chi connectivity index (χ1n) is 5.34. The van der Waals surface area contributed by atoms with Crippen molar-refractivity contribution < 1.29 is 0 Å². The minimum atomic E-state index is -0.0142. The van der Waals surface area contributed by atoms with Gasteiger partial charge in [-0.15, -0.1) is 10.2 Å². The SMILES string of the molecule is CCC(C)(C)c1nnc2cc(Cl)nc(C)n12. The Morgan fingerprint density at radius 3 is 2.69 bits per heavy atom. The van der Waals surface area contributed by atoms with E-state index in [0.29, 0.717) is 5.15 Å². The molecule has 2 heterocycles. The van der Waals surface area contributed by atoms with Gasteiger partial charge < -0.3 is 0 Å². The maximum Gasteiger partial charge on any atom is 0.165 e. The molecule has 0 N–H and O–H groups in total. The van der Waals surface area contributed by atoms with E-state index in [4.69, 9.17) is 11.6 Å². The monoisotopic (exact) mass is 238 g/mol. The summed E-state index contributed by atoms with van der Waals surface area (Å²) in [5.41, 5.74) is 0.744. The van der Waals surface area contributed by atoms with Crippen molar-refractivity contribution in [2.45, 2.75) is 39.5 Å². The molecular weight excluding hydrogens is 224 g/mol. The van der Waals surface area contributed by atoms with Gasteiger partial charge in [-0.3, -0.25) is 4.40 Å².